The van der Waals surface area contributed by atoms with Gasteiger partial charge in [-0.1, -0.05) is 42.5 Å². The first-order valence-electron chi connectivity index (χ1n) is 11.3. The van der Waals surface area contributed by atoms with E-state index >= 15 is 0 Å². The lowest BCUT2D eigenvalue weighted by atomic mass is 9.99. The number of carbonyl (C=O) groups excluding carboxylic acids is 1. The maximum Gasteiger partial charge on any atom is 0.270 e. The van der Waals surface area contributed by atoms with E-state index in [4.69, 9.17) is 4.98 Å². The van der Waals surface area contributed by atoms with Gasteiger partial charge in [0.05, 0.1) is 21.2 Å². The number of nitro groups is 2. The number of nitrogens with one attached hydrogen (secondary N) is 1. The van der Waals surface area contributed by atoms with Gasteiger partial charge in [0.2, 0.25) is 0 Å². The summed E-state index contributed by atoms with van der Waals surface area (Å²) < 4.78 is 0. The number of benzene rings is 4. The van der Waals surface area contributed by atoms with Gasteiger partial charge in [-0.15, -0.1) is 0 Å². The molecule has 0 radical (unpaired) electrons. The van der Waals surface area contributed by atoms with Gasteiger partial charge >= 0.3 is 0 Å². The average Bonchev–Trinajstić information content (AvgIpc) is 3.49. The molecule has 0 saturated carbocycles. The summed E-state index contributed by atoms with van der Waals surface area (Å²) in [4.78, 5) is 42.6. The van der Waals surface area contributed by atoms with Crippen LogP contribution in [0.1, 0.15) is 15.9 Å². The Hall–Kier alpha value is -5.44. The number of fused-ring (bicyclic) bond motifs is 3. The molecular formula is C28H16N4O5. The van der Waals surface area contributed by atoms with Crippen LogP contribution < -0.4 is 0 Å². The van der Waals surface area contributed by atoms with E-state index in [2.05, 4.69) is 4.98 Å². The molecule has 1 heterocycles. The van der Waals surface area contributed by atoms with Crippen molar-refractivity contribution in [2.75, 3.05) is 0 Å². The lowest BCUT2D eigenvalue weighted by molar-refractivity contribution is -0.385. The largest absolute Gasteiger partial charge is 0.337 e. The van der Waals surface area contributed by atoms with Gasteiger partial charge in [-0.2, -0.15) is 0 Å². The van der Waals surface area contributed by atoms with Crippen LogP contribution in [0, 0.1) is 20.2 Å². The van der Waals surface area contributed by atoms with Crippen molar-refractivity contribution in [3.05, 3.63) is 122 Å². The molecule has 0 bridgehead atoms. The molecule has 1 aliphatic rings. The number of nitro benzene ring substituents is 2. The second kappa shape index (κ2) is 8.35. The maximum atomic E-state index is 13.2. The Morgan fingerprint density at radius 3 is 1.89 bits per heavy atom. The predicted octanol–water partition coefficient (Wildman–Crippen LogP) is 6.44. The van der Waals surface area contributed by atoms with Crippen LogP contribution in [-0.2, 0) is 0 Å². The summed E-state index contributed by atoms with van der Waals surface area (Å²) in [6, 6.07) is 25.4. The monoisotopic (exact) mass is 488 g/mol. The molecule has 0 amide bonds. The minimum atomic E-state index is -0.516. The fourth-order valence-corrected chi connectivity index (χ4v) is 4.60. The summed E-state index contributed by atoms with van der Waals surface area (Å²) in [6.07, 6.45) is 0. The lowest BCUT2D eigenvalue weighted by Gasteiger charge is -2.06. The van der Waals surface area contributed by atoms with E-state index < -0.39 is 9.85 Å². The highest BCUT2D eigenvalue weighted by molar-refractivity contribution is 6.22. The van der Waals surface area contributed by atoms with Crippen LogP contribution in [-0.4, -0.2) is 25.6 Å². The zero-order valence-corrected chi connectivity index (χ0v) is 19.0. The number of H-pyrrole nitrogens is 1. The third-order valence-corrected chi connectivity index (χ3v) is 6.40. The Balaban J connectivity index is 1.47. The minimum Gasteiger partial charge on any atom is -0.337 e. The van der Waals surface area contributed by atoms with Crippen molar-refractivity contribution in [3.63, 3.8) is 0 Å². The maximum absolute atomic E-state index is 13.2. The van der Waals surface area contributed by atoms with Crippen LogP contribution in [0.4, 0.5) is 11.4 Å². The molecule has 5 aromatic rings. The number of hydrogen-bond acceptors (Lipinski definition) is 6. The van der Waals surface area contributed by atoms with Crippen molar-refractivity contribution in [1.29, 1.82) is 0 Å². The summed E-state index contributed by atoms with van der Waals surface area (Å²) in [6.45, 7) is 0. The highest BCUT2D eigenvalue weighted by atomic mass is 16.6. The number of aromatic amines is 1. The first kappa shape index (κ1) is 22.1. The van der Waals surface area contributed by atoms with Crippen LogP contribution >= 0.6 is 0 Å². The Kier molecular flexibility index (Phi) is 4.97. The number of imidazole rings is 1. The topological polar surface area (TPSA) is 132 Å². The molecule has 0 spiro atoms. The number of rotatable bonds is 5. The Morgan fingerprint density at radius 2 is 1.22 bits per heavy atom. The predicted molar refractivity (Wildman–Crippen MR) is 137 cm³/mol. The van der Waals surface area contributed by atoms with Gasteiger partial charge in [0.1, 0.15) is 5.82 Å². The zero-order valence-electron chi connectivity index (χ0n) is 19.0. The smallest absolute Gasteiger partial charge is 0.270 e. The number of carbonyl (C=O) groups is 1. The summed E-state index contributed by atoms with van der Waals surface area (Å²) in [7, 11) is 0. The summed E-state index contributed by atoms with van der Waals surface area (Å²) in [5, 5.41) is 22.3. The van der Waals surface area contributed by atoms with Gasteiger partial charge in [-0.05, 0) is 35.4 Å². The third kappa shape index (κ3) is 3.66. The van der Waals surface area contributed by atoms with E-state index in [9.17, 15) is 25.0 Å². The highest BCUT2D eigenvalue weighted by Crippen LogP contribution is 2.41. The van der Waals surface area contributed by atoms with Crippen LogP contribution in [0.3, 0.4) is 0 Å². The molecule has 6 rings (SSSR count). The van der Waals surface area contributed by atoms with Crippen molar-refractivity contribution in [2.24, 2.45) is 0 Å². The fourth-order valence-electron chi connectivity index (χ4n) is 4.60. The fraction of sp³-hybridized carbons (Fsp3) is 0. The molecule has 0 unspecified atom stereocenters. The van der Waals surface area contributed by atoms with Crippen LogP contribution in [0.15, 0.2) is 91.0 Å². The molecule has 9 nitrogen and oxygen atoms in total. The van der Waals surface area contributed by atoms with E-state index in [1.807, 2.05) is 42.5 Å². The van der Waals surface area contributed by atoms with Crippen molar-refractivity contribution in [2.45, 2.75) is 0 Å². The summed E-state index contributed by atoms with van der Waals surface area (Å²) in [5.74, 6) is 0.248. The number of ketones is 1. The third-order valence-electron chi connectivity index (χ3n) is 6.40. The van der Waals surface area contributed by atoms with Crippen LogP contribution in [0.2, 0.25) is 0 Å². The van der Waals surface area contributed by atoms with E-state index in [0.29, 0.717) is 44.9 Å². The molecule has 37 heavy (non-hydrogen) atoms. The minimum absolute atomic E-state index is 0.0178. The Morgan fingerprint density at radius 1 is 0.622 bits per heavy atom. The number of non-ortho nitro benzene ring substituents is 2. The van der Waals surface area contributed by atoms with Crippen molar-refractivity contribution < 1.29 is 14.6 Å². The normalized spacial score (nSPS) is 11.7. The molecule has 0 atom stereocenters. The second-order valence-corrected chi connectivity index (χ2v) is 8.56. The summed E-state index contributed by atoms with van der Waals surface area (Å²) >= 11 is 0. The number of aromatic nitrogens is 2. The molecule has 1 aromatic heterocycles. The van der Waals surface area contributed by atoms with Gasteiger partial charge in [-0.3, -0.25) is 25.0 Å². The molecule has 1 N–H and O–H groups in total. The molecule has 178 valence electrons. The van der Waals surface area contributed by atoms with Crippen molar-refractivity contribution in [1.82, 2.24) is 9.97 Å². The van der Waals surface area contributed by atoms with E-state index in [0.717, 1.165) is 11.3 Å². The van der Waals surface area contributed by atoms with Crippen LogP contribution in [0.5, 0.6) is 0 Å². The quantitative estimate of drug-likeness (QED) is 0.219. The standard InChI is InChI=1S/C28H16N4O5/c33-27-23-14-18(8-12-21(23)22-13-11-20(32(36)37)15-24(22)27)26-25(16-4-2-1-3-5-16)29-28(30-26)17-6-9-19(10-7-17)31(34)35/h1-15H,(H,29,30). The number of nitrogens with zero attached hydrogens (tertiary/aromatic N) is 3. The van der Waals surface area contributed by atoms with Gasteiger partial charge in [0, 0.05) is 52.1 Å². The van der Waals surface area contributed by atoms with E-state index in [-0.39, 0.29) is 17.2 Å². The summed E-state index contributed by atoms with van der Waals surface area (Å²) in [5.41, 5.74) is 5.56. The van der Waals surface area contributed by atoms with Gasteiger partial charge in [0.15, 0.2) is 5.78 Å². The second-order valence-electron chi connectivity index (χ2n) is 8.56. The van der Waals surface area contributed by atoms with E-state index in [1.54, 1.807) is 24.3 Å². The first-order chi connectivity index (χ1) is 17.9. The molecule has 0 fully saturated rings. The van der Waals surface area contributed by atoms with Crippen molar-refractivity contribution >= 4 is 17.2 Å². The van der Waals surface area contributed by atoms with E-state index in [1.165, 1.54) is 24.3 Å². The molecule has 0 saturated heterocycles. The Labute approximate surface area is 209 Å². The first-order valence-corrected chi connectivity index (χ1v) is 11.3. The SMILES string of the molecule is O=C1c2cc(-c3nc(-c4ccc([N+](=O)[O-])cc4)[nH]c3-c3ccccc3)ccc2-c2ccc([N+](=O)[O-])cc21. The molecule has 0 aliphatic heterocycles. The highest BCUT2D eigenvalue weighted by Gasteiger charge is 2.29. The number of hydrogen-bond donors (Lipinski definition) is 1. The Bertz CT molecular complexity index is 1740. The van der Waals surface area contributed by atoms with Gasteiger partial charge < -0.3 is 4.98 Å². The van der Waals surface area contributed by atoms with Gasteiger partial charge in [0.25, 0.3) is 11.4 Å². The van der Waals surface area contributed by atoms with Crippen LogP contribution in [0.25, 0.3) is 45.0 Å². The van der Waals surface area contributed by atoms with Crippen molar-refractivity contribution in [3.8, 4) is 45.0 Å². The molecule has 9 heteroatoms. The molecule has 4 aromatic carbocycles. The van der Waals surface area contributed by atoms with Gasteiger partial charge in [-0.25, -0.2) is 4.98 Å². The molecular weight excluding hydrogens is 472 g/mol. The zero-order chi connectivity index (χ0) is 25.7. The lowest BCUT2D eigenvalue weighted by Crippen LogP contribution is -1.97. The average molecular weight is 488 g/mol. The molecule has 1 aliphatic carbocycles.